The summed E-state index contributed by atoms with van der Waals surface area (Å²) in [7, 11) is 0. The first kappa shape index (κ1) is 27.1. The van der Waals surface area contributed by atoms with E-state index in [0.29, 0.717) is 5.01 Å². The van der Waals surface area contributed by atoms with Crippen LogP contribution in [0.25, 0.3) is 15.8 Å². The summed E-state index contributed by atoms with van der Waals surface area (Å²) in [5.41, 5.74) is 2.69. The standard InChI is InChI=1S/C31H22F2N4OS2/c32-22-15-16-25(24(33)17-22)35-30(23(18-34)31-36-26-13-7-8-14-27(26)40-31)39-19-28(38)37-29(20-9-3-1-4-10-20)21-11-5-2-6-12-21/h1-17,29,35H,19H2,(H,37,38). The molecule has 5 aromatic rings. The molecule has 0 aliphatic carbocycles. The summed E-state index contributed by atoms with van der Waals surface area (Å²) in [6, 6.07) is 31.6. The van der Waals surface area contributed by atoms with E-state index in [9.17, 15) is 18.8 Å². The minimum Gasteiger partial charge on any atom is -0.347 e. The molecule has 0 aliphatic rings. The van der Waals surface area contributed by atoms with Crippen LogP contribution in [0.1, 0.15) is 22.2 Å². The number of rotatable bonds is 9. The topological polar surface area (TPSA) is 77.8 Å². The Labute approximate surface area is 238 Å². The van der Waals surface area contributed by atoms with Gasteiger partial charge in [0.1, 0.15) is 28.3 Å². The molecule has 40 heavy (non-hydrogen) atoms. The normalized spacial score (nSPS) is 11.7. The number of allylic oxidation sites excluding steroid dienone is 1. The Morgan fingerprint density at radius 3 is 2.20 bits per heavy atom. The molecule has 0 saturated carbocycles. The van der Waals surface area contributed by atoms with Gasteiger partial charge in [-0.25, -0.2) is 13.8 Å². The lowest BCUT2D eigenvalue weighted by atomic mass is 9.99. The highest BCUT2D eigenvalue weighted by molar-refractivity contribution is 8.04. The zero-order valence-electron chi connectivity index (χ0n) is 21.0. The number of thioether (sulfide) groups is 1. The first-order chi connectivity index (χ1) is 19.5. The zero-order chi connectivity index (χ0) is 27.9. The fourth-order valence-electron chi connectivity index (χ4n) is 4.05. The molecule has 5 nitrogen and oxygen atoms in total. The first-order valence-corrected chi connectivity index (χ1v) is 14.1. The molecule has 0 unspecified atom stereocenters. The highest BCUT2D eigenvalue weighted by Gasteiger charge is 2.20. The quantitative estimate of drug-likeness (QED) is 0.180. The van der Waals surface area contributed by atoms with Gasteiger partial charge >= 0.3 is 0 Å². The first-order valence-electron chi connectivity index (χ1n) is 12.3. The number of carbonyl (C=O) groups excluding carboxylic acids is 1. The van der Waals surface area contributed by atoms with Gasteiger partial charge in [-0.3, -0.25) is 4.79 Å². The second-order valence-electron chi connectivity index (χ2n) is 8.66. The number of hydrogen-bond acceptors (Lipinski definition) is 6. The number of carbonyl (C=O) groups is 1. The number of aromatic nitrogens is 1. The number of nitrogens with zero attached hydrogens (tertiary/aromatic N) is 2. The van der Waals surface area contributed by atoms with E-state index in [1.165, 1.54) is 17.4 Å². The molecule has 5 rings (SSSR count). The third kappa shape index (κ3) is 6.37. The molecular formula is C31H22F2N4OS2. The largest absolute Gasteiger partial charge is 0.347 e. The fourth-order valence-corrected chi connectivity index (χ4v) is 5.91. The number of halogens is 2. The van der Waals surface area contributed by atoms with E-state index in [2.05, 4.69) is 21.7 Å². The number of thiazole rings is 1. The second kappa shape index (κ2) is 12.6. The molecule has 2 N–H and O–H groups in total. The number of para-hydroxylation sites is 1. The predicted octanol–water partition coefficient (Wildman–Crippen LogP) is 7.52. The van der Waals surface area contributed by atoms with Crippen molar-refractivity contribution >= 4 is 50.5 Å². The average Bonchev–Trinajstić information content (AvgIpc) is 3.41. The maximum Gasteiger partial charge on any atom is 0.231 e. The molecule has 0 saturated heterocycles. The third-order valence-corrected chi connectivity index (χ3v) is 8.00. The van der Waals surface area contributed by atoms with Crippen LogP contribution in [0.2, 0.25) is 0 Å². The Kier molecular flexibility index (Phi) is 8.50. The summed E-state index contributed by atoms with van der Waals surface area (Å²) < 4.78 is 29.0. The van der Waals surface area contributed by atoms with Crippen molar-refractivity contribution in [2.24, 2.45) is 0 Å². The molecular weight excluding hydrogens is 546 g/mol. The lowest BCUT2D eigenvalue weighted by Crippen LogP contribution is -2.30. The molecule has 1 aromatic heterocycles. The van der Waals surface area contributed by atoms with Crippen molar-refractivity contribution in [1.82, 2.24) is 10.3 Å². The minimum atomic E-state index is -0.822. The van der Waals surface area contributed by atoms with Crippen LogP contribution in [-0.2, 0) is 4.79 Å². The molecule has 0 bridgehead atoms. The summed E-state index contributed by atoms with van der Waals surface area (Å²) in [5.74, 6) is -1.90. The molecule has 198 valence electrons. The number of benzene rings is 4. The molecule has 9 heteroatoms. The Morgan fingerprint density at radius 1 is 0.925 bits per heavy atom. The monoisotopic (exact) mass is 568 g/mol. The third-order valence-electron chi connectivity index (χ3n) is 5.94. The summed E-state index contributed by atoms with van der Waals surface area (Å²) in [4.78, 5) is 17.8. The second-order valence-corrected chi connectivity index (χ2v) is 10.7. The molecule has 0 radical (unpaired) electrons. The van der Waals surface area contributed by atoms with Crippen LogP contribution < -0.4 is 10.6 Å². The zero-order valence-corrected chi connectivity index (χ0v) is 22.6. The minimum absolute atomic E-state index is 0.0235. The van der Waals surface area contributed by atoms with Crippen molar-refractivity contribution in [3.05, 3.63) is 136 Å². The number of nitrogens with one attached hydrogen (secondary N) is 2. The van der Waals surface area contributed by atoms with Gasteiger partial charge in [-0.15, -0.1) is 11.3 Å². The van der Waals surface area contributed by atoms with Crippen LogP contribution >= 0.6 is 23.1 Å². The Hall–Kier alpha value is -4.52. The van der Waals surface area contributed by atoms with Gasteiger partial charge in [0.05, 0.1) is 32.7 Å². The Morgan fingerprint density at radius 2 is 1.57 bits per heavy atom. The lowest BCUT2D eigenvalue weighted by molar-refractivity contribution is -0.119. The molecule has 4 aromatic carbocycles. The molecule has 0 atom stereocenters. The van der Waals surface area contributed by atoms with Gasteiger partial charge in [-0.05, 0) is 35.4 Å². The molecule has 1 heterocycles. The van der Waals surface area contributed by atoms with E-state index in [4.69, 9.17) is 0 Å². The van der Waals surface area contributed by atoms with E-state index in [1.54, 1.807) is 0 Å². The van der Waals surface area contributed by atoms with Gasteiger partial charge in [0.25, 0.3) is 0 Å². The predicted molar refractivity (Wildman–Crippen MR) is 157 cm³/mol. The SMILES string of the molecule is N#CC(=C(Nc1ccc(F)cc1F)SCC(=O)NC(c1ccccc1)c1ccccc1)c1nc2ccccc2s1. The van der Waals surface area contributed by atoms with Crippen LogP contribution in [0, 0.1) is 23.0 Å². The number of anilines is 1. The fraction of sp³-hybridized carbons (Fsp3) is 0.0645. The van der Waals surface area contributed by atoms with Crippen LogP contribution in [0.4, 0.5) is 14.5 Å². The van der Waals surface area contributed by atoms with Crippen molar-refractivity contribution in [2.45, 2.75) is 6.04 Å². The molecule has 1 amide bonds. The van der Waals surface area contributed by atoms with Crippen molar-refractivity contribution in [3.63, 3.8) is 0 Å². The van der Waals surface area contributed by atoms with Gasteiger partial charge in [-0.2, -0.15) is 5.26 Å². The van der Waals surface area contributed by atoms with Gasteiger partial charge in [0.15, 0.2) is 0 Å². The maximum absolute atomic E-state index is 14.6. The summed E-state index contributed by atoms with van der Waals surface area (Å²) >= 11 is 2.36. The van der Waals surface area contributed by atoms with Crippen molar-refractivity contribution < 1.29 is 13.6 Å². The number of fused-ring (bicyclic) bond motifs is 1. The van der Waals surface area contributed by atoms with Crippen LogP contribution in [-0.4, -0.2) is 16.6 Å². The van der Waals surface area contributed by atoms with E-state index in [0.717, 1.165) is 45.2 Å². The smallest absolute Gasteiger partial charge is 0.231 e. The molecule has 0 fully saturated rings. The van der Waals surface area contributed by atoms with Crippen LogP contribution in [0.3, 0.4) is 0 Å². The number of hydrogen-bond donors (Lipinski definition) is 2. The molecule has 0 spiro atoms. The number of nitriles is 1. The Bertz CT molecular complexity index is 1640. The Balaban J connectivity index is 1.44. The van der Waals surface area contributed by atoms with Crippen molar-refractivity contribution in [2.75, 3.05) is 11.1 Å². The highest BCUT2D eigenvalue weighted by atomic mass is 32.2. The van der Waals surface area contributed by atoms with Crippen molar-refractivity contribution in [3.8, 4) is 6.07 Å². The van der Waals surface area contributed by atoms with Crippen LogP contribution in [0.15, 0.2) is 108 Å². The van der Waals surface area contributed by atoms with E-state index >= 15 is 0 Å². The van der Waals surface area contributed by atoms with Gasteiger partial charge in [0, 0.05) is 6.07 Å². The van der Waals surface area contributed by atoms with Crippen LogP contribution in [0.5, 0.6) is 0 Å². The summed E-state index contributed by atoms with van der Waals surface area (Å²) in [6.07, 6.45) is 0. The van der Waals surface area contributed by atoms with E-state index in [-0.39, 0.29) is 34.0 Å². The maximum atomic E-state index is 14.6. The van der Waals surface area contributed by atoms with Gasteiger partial charge in [-0.1, -0.05) is 84.6 Å². The average molecular weight is 569 g/mol. The highest BCUT2D eigenvalue weighted by Crippen LogP contribution is 2.34. The molecule has 0 aliphatic heterocycles. The lowest BCUT2D eigenvalue weighted by Gasteiger charge is -2.20. The number of amides is 1. The summed E-state index contributed by atoms with van der Waals surface area (Å²) in [6.45, 7) is 0. The van der Waals surface area contributed by atoms with Gasteiger partial charge in [0.2, 0.25) is 5.91 Å². The van der Waals surface area contributed by atoms with Gasteiger partial charge < -0.3 is 10.6 Å². The summed E-state index contributed by atoms with van der Waals surface area (Å²) in [5, 5.41) is 16.8. The van der Waals surface area contributed by atoms with Crippen molar-refractivity contribution in [1.29, 1.82) is 5.26 Å². The van der Waals surface area contributed by atoms with E-state index in [1.807, 2.05) is 84.9 Å². The van der Waals surface area contributed by atoms with E-state index < -0.39 is 11.6 Å².